The van der Waals surface area contributed by atoms with Crippen LogP contribution in [0, 0.1) is 11.3 Å². The van der Waals surface area contributed by atoms with E-state index in [1.165, 1.54) is 18.7 Å². The van der Waals surface area contributed by atoms with Crippen molar-refractivity contribution >= 4 is 5.84 Å². The van der Waals surface area contributed by atoms with Gasteiger partial charge in [0.1, 0.15) is 5.84 Å². The molecule has 0 spiro atoms. The molecule has 2 atom stereocenters. The zero-order valence-electron chi connectivity index (χ0n) is 14.9. The smallest absolute Gasteiger partial charge is 0.105 e. The topological polar surface area (TPSA) is 24.8 Å². The van der Waals surface area contributed by atoms with E-state index in [4.69, 9.17) is 9.73 Å². The van der Waals surface area contributed by atoms with E-state index in [0.29, 0.717) is 12.0 Å². The summed E-state index contributed by atoms with van der Waals surface area (Å²) in [7, 11) is 1.79. The number of hydrogen-bond donors (Lipinski definition) is 0. The fourth-order valence-corrected chi connectivity index (χ4v) is 3.02. The van der Waals surface area contributed by atoms with Crippen LogP contribution >= 0.6 is 0 Å². The third kappa shape index (κ3) is 5.46. The van der Waals surface area contributed by atoms with Crippen LogP contribution in [0.3, 0.4) is 0 Å². The van der Waals surface area contributed by atoms with Crippen LogP contribution in [0.5, 0.6) is 0 Å². The number of nitrogens with zero attached hydrogens (tertiary/aromatic N) is 2. The molecule has 3 nitrogen and oxygen atoms in total. The molecule has 0 aromatic carbocycles. The molecule has 122 valence electrons. The lowest BCUT2D eigenvalue weighted by Crippen LogP contribution is -2.45. The highest BCUT2D eigenvalue weighted by molar-refractivity contribution is 5.88. The van der Waals surface area contributed by atoms with Crippen LogP contribution in [0.4, 0.5) is 0 Å². The first-order chi connectivity index (χ1) is 9.79. The first kappa shape index (κ1) is 18.2. The second-order valence-electron chi connectivity index (χ2n) is 7.58. The minimum atomic E-state index is 0.0502. The lowest BCUT2D eigenvalue weighted by molar-refractivity contribution is 0.141. The molecule has 0 aromatic rings. The summed E-state index contributed by atoms with van der Waals surface area (Å²) in [4.78, 5) is 7.56. The van der Waals surface area contributed by atoms with Crippen molar-refractivity contribution in [1.29, 1.82) is 0 Å². The van der Waals surface area contributed by atoms with Gasteiger partial charge in [0.15, 0.2) is 0 Å². The number of aliphatic imine (C=N–C) groups is 1. The van der Waals surface area contributed by atoms with Crippen LogP contribution in [-0.4, -0.2) is 43.1 Å². The molecule has 21 heavy (non-hydrogen) atoms. The minimum Gasteiger partial charge on any atom is -0.383 e. The van der Waals surface area contributed by atoms with Gasteiger partial charge in [-0.1, -0.05) is 40.7 Å². The molecule has 0 bridgehead atoms. The summed E-state index contributed by atoms with van der Waals surface area (Å²) in [5, 5.41) is 0. The number of methoxy groups -OCH3 is 1. The molecule has 1 heterocycles. The van der Waals surface area contributed by atoms with Crippen molar-refractivity contribution < 1.29 is 4.74 Å². The van der Waals surface area contributed by atoms with Crippen LogP contribution in [0.15, 0.2) is 17.6 Å². The van der Waals surface area contributed by atoms with Crippen molar-refractivity contribution in [1.82, 2.24) is 4.90 Å². The maximum absolute atomic E-state index is 5.40. The van der Waals surface area contributed by atoms with Crippen molar-refractivity contribution in [2.45, 2.75) is 66.0 Å². The molecule has 3 heteroatoms. The lowest BCUT2D eigenvalue weighted by Gasteiger charge is -2.35. The van der Waals surface area contributed by atoms with Crippen LogP contribution in [-0.2, 0) is 4.74 Å². The Labute approximate surface area is 131 Å². The molecular formula is C18H34N2O. The third-order valence-electron chi connectivity index (χ3n) is 3.95. The SMILES string of the molecule is C=CC(CC(C)C)N=C(N1CCC[C@H]1COC)C(C)(C)C. The maximum Gasteiger partial charge on any atom is 0.105 e. The monoisotopic (exact) mass is 294 g/mol. The van der Waals surface area contributed by atoms with Gasteiger partial charge in [0.2, 0.25) is 0 Å². The average molecular weight is 294 g/mol. The first-order valence-electron chi connectivity index (χ1n) is 8.26. The summed E-state index contributed by atoms with van der Waals surface area (Å²) >= 11 is 0. The molecule has 0 aromatic heterocycles. The van der Waals surface area contributed by atoms with Crippen LogP contribution in [0.25, 0.3) is 0 Å². The molecule has 1 aliphatic heterocycles. The van der Waals surface area contributed by atoms with E-state index < -0.39 is 0 Å². The largest absolute Gasteiger partial charge is 0.383 e. The van der Waals surface area contributed by atoms with E-state index in [2.05, 4.69) is 46.1 Å². The van der Waals surface area contributed by atoms with E-state index >= 15 is 0 Å². The van der Waals surface area contributed by atoms with E-state index in [1.54, 1.807) is 7.11 Å². The predicted octanol–water partition coefficient (Wildman–Crippen LogP) is 4.14. The average Bonchev–Trinajstić information content (AvgIpc) is 2.80. The zero-order chi connectivity index (χ0) is 16.0. The van der Waals surface area contributed by atoms with E-state index in [0.717, 1.165) is 19.6 Å². The number of hydrogen-bond acceptors (Lipinski definition) is 2. The number of ether oxygens (including phenoxy) is 1. The highest BCUT2D eigenvalue weighted by atomic mass is 16.5. The second-order valence-corrected chi connectivity index (χ2v) is 7.58. The third-order valence-corrected chi connectivity index (χ3v) is 3.95. The van der Waals surface area contributed by atoms with E-state index in [-0.39, 0.29) is 11.5 Å². The number of likely N-dealkylation sites (tertiary alicyclic amines) is 1. The molecule has 1 unspecified atom stereocenters. The van der Waals surface area contributed by atoms with Gasteiger partial charge in [0.25, 0.3) is 0 Å². The summed E-state index contributed by atoms with van der Waals surface area (Å²) in [5.74, 6) is 1.85. The summed E-state index contributed by atoms with van der Waals surface area (Å²) in [6.07, 6.45) is 5.48. The molecule has 0 N–H and O–H groups in total. The zero-order valence-corrected chi connectivity index (χ0v) is 14.9. The van der Waals surface area contributed by atoms with Crippen molar-refractivity contribution in [3.63, 3.8) is 0 Å². The highest BCUT2D eigenvalue weighted by Crippen LogP contribution is 2.28. The molecule has 0 aliphatic carbocycles. The van der Waals surface area contributed by atoms with Gasteiger partial charge in [-0.3, -0.25) is 4.99 Å². The van der Waals surface area contributed by atoms with Crippen molar-refractivity contribution in [3.8, 4) is 0 Å². The van der Waals surface area contributed by atoms with Gasteiger partial charge in [0, 0.05) is 19.1 Å². The van der Waals surface area contributed by atoms with Gasteiger partial charge in [-0.15, -0.1) is 6.58 Å². The van der Waals surface area contributed by atoms with Gasteiger partial charge < -0.3 is 9.64 Å². The fraction of sp³-hybridized carbons (Fsp3) is 0.833. The molecule has 1 saturated heterocycles. The van der Waals surface area contributed by atoms with Gasteiger partial charge in [-0.05, 0) is 25.2 Å². The predicted molar refractivity (Wildman–Crippen MR) is 91.9 cm³/mol. The van der Waals surface area contributed by atoms with Crippen LogP contribution in [0.2, 0.25) is 0 Å². The quantitative estimate of drug-likeness (QED) is 0.418. The first-order valence-corrected chi connectivity index (χ1v) is 8.26. The molecule has 1 fully saturated rings. The normalized spacial score (nSPS) is 22.0. The molecule has 0 amide bonds. The van der Waals surface area contributed by atoms with Gasteiger partial charge in [-0.25, -0.2) is 0 Å². The summed E-state index contributed by atoms with van der Waals surface area (Å²) < 4.78 is 5.40. The van der Waals surface area contributed by atoms with Crippen molar-refractivity contribution in [2.75, 3.05) is 20.3 Å². The summed E-state index contributed by atoms with van der Waals surface area (Å²) in [6, 6.07) is 0.681. The Kier molecular flexibility index (Phi) is 6.92. The van der Waals surface area contributed by atoms with Crippen LogP contribution < -0.4 is 0 Å². The molecule has 1 aliphatic rings. The Morgan fingerprint density at radius 1 is 1.43 bits per heavy atom. The van der Waals surface area contributed by atoms with Crippen molar-refractivity contribution in [3.05, 3.63) is 12.7 Å². The van der Waals surface area contributed by atoms with Gasteiger partial charge >= 0.3 is 0 Å². The Hall–Kier alpha value is -0.830. The Morgan fingerprint density at radius 3 is 2.57 bits per heavy atom. The van der Waals surface area contributed by atoms with E-state index in [9.17, 15) is 0 Å². The molecule has 0 radical (unpaired) electrons. The standard InChI is InChI=1S/C18H34N2O/c1-8-15(12-14(2)3)19-17(18(4,5)6)20-11-9-10-16(20)13-21-7/h8,14-16H,1,9-13H2,2-7H3/t15?,16-/m0/s1. The maximum atomic E-state index is 5.40. The van der Waals surface area contributed by atoms with Gasteiger partial charge in [-0.2, -0.15) is 0 Å². The Balaban J connectivity index is 3.02. The lowest BCUT2D eigenvalue weighted by atomic mass is 9.92. The van der Waals surface area contributed by atoms with Crippen LogP contribution in [0.1, 0.15) is 53.9 Å². The second kappa shape index (κ2) is 7.98. The summed E-state index contributed by atoms with van der Waals surface area (Å²) in [6.45, 7) is 17.1. The van der Waals surface area contributed by atoms with E-state index in [1.807, 2.05) is 6.08 Å². The number of amidine groups is 1. The van der Waals surface area contributed by atoms with Gasteiger partial charge in [0.05, 0.1) is 18.7 Å². The minimum absolute atomic E-state index is 0.0502. The molecule has 1 rings (SSSR count). The van der Waals surface area contributed by atoms with Crippen molar-refractivity contribution in [2.24, 2.45) is 16.3 Å². The summed E-state index contributed by atoms with van der Waals surface area (Å²) in [5.41, 5.74) is 0.0502. The fourth-order valence-electron chi connectivity index (χ4n) is 3.02. The molecule has 0 saturated carbocycles. The Morgan fingerprint density at radius 2 is 2.10 bits per heavy atom. The number of rotatable bonds is 6. The Bertz CT molecular complexity index is 355. The highest BCUT2D eigenvalue weighted by Gasteiger charge is 2.33. The molecular weight excluding hydrogens is 260 g/mol.